The van der Waals surface area contributed by atoms with E-state index in [1.807, 2.05) is 11.8 Å². The van der Waals surface area contributed by atoms with Gasteiger partial charge < -0.3 is 0 Å². The standard InChI is InChI=1S/C11H12S/c1-8-6-9(2)10-4-3-5-12-11(10)7-8/h3-4,6-7H,5H2,1-2H3. The van der Waals surface area contributed by atoms with Crippen molar-refractivity contribution in [3.05, 3.63) is 34.9 Å². The Kier molecular flexibility index (Phi) is 1.97. The minimum atomic E-state index is 1.12. The largest absolute Gasteiger partial charge is 0.121 e. The summed E-state index contributed by atoms with van der Waals surface area (Å²) in [5, 5.41) is 0. The van der Waals surface area contributed by atoms with Crippen LogP contribution in [0.5, 0.6) is 0 Å². The molecule has 0 nitrogen and oxygen atoms in total. The van der Waals surface area contributed by atoms with Crippen molar-refractivity contribution in [2.45, 2.75) is 18.7 Å². The molecular weight excluding hydrogens is 164 g/mol. The average molecular weight is 176 g/mol. The average Bonchev–Trinajstić information content (AvgIpc) is 2.04. The van der Waals surface area contributed by atoms with Crippen molar-refractivity contribution >= 4 is 17.8 Å². The topological polar surface area (TPSA) is 0 Å². The highest BCUT2D eigenvalue weighted by molar-refractivity contribution is 7.99. The zero-order chi connectivity index (χ0) is 8.55. The van der Waals surface area contributed by atoms with Gasteiger partial charge in [0, 0.05) is 10.6 Å². The van der Waals surface area contributed by atoms with Gasteiger partial charge >= 0.3 is 0 Å². The Bertz CT molecular complexity index is 337. The lowest BCUT2D eigenvalue weighted by atomic mass is 10.1. The van der Waals surface area contributed by atoms with Gasteiger partial charge in [0.1, 0.15) is 0 Å². The van der Waals surface area contributed by atoms with Gasteiger partial charge in [-0.05, 0) is 36.6 Å². The van der Waals surface area contributed by atoms with Crippen molar-refractivity contribution < 1.29 is 0 Å². The fourth-order valence-electron chi connectivity index (χ4n) is 1.58. The molecule has 1 heterocycles. The van der Waals surface area contributed by atoms with E-state index >= 15 is 0 Å². The third-order valence-electron chi connectivity index (χ3n) is 2.11. The van der Waals surface area contributed by atoms with E-state index in [2.05, 4.69) is 38.1 Å². The van der Waals surface area contributed by atoms with E-state index in [0.29, 0.717) is 0 Å². The zero-order valence-corrected chi connectivity index (χ0v) is 8.24. The number of rotatable bonds is 0. The van der Waals surface area contributed by atoms with Crippen LogP contribution >= 0.6 is 11.8 Å². The van der Waals surface area contributed by atoms with Gasteiger partial charge in [-0.15, -0.1) is 11.8 Å². The van der Waals surface area contributed by atoms with Crippen LogP contribution in [-0.2, 0) is 0 Å². The van der Waals surface area contributed by atoms with Gasteiger partial charge in [-0.3, -0.25) is 0 Å². The van der Waals surface area contributed by atoms with E-state index in [1.54, 1.807) is 0 Å². The molecule has 0 amide bonds. The van der Waals surface area contributed by atoms with Crippen molar-refractivity contribution in [2.75, 3.05) is 5.75 Å². The predicted octanol–water partition coefficient (Wildman–Crippen LogP) is 3.42. The molecule has 0 aromatic heterocycles. The maximum Gasteiger partial charge on any atom is 0.0164 e. The maximum absolute atomic E-state index is 2.27. The molecule has 1 heteroatoms. The van der Waals surface area contributed by atoms with Crippen molar-refractivity contribution in [2.24, 2.45) is 0 Å². The number of hydrogen-bond acceptors (Lipinski definition) is 1. The Balaban J connectivity index is 2.62. The van der Waals surface area contributed by atoms with E-state index in [-0.39, 0.29) is 0 Å². The monoisotopic (exact) mass is 176 g/mol. The summed E-state index contributed by atoms with van der Waals surface area (Å²) in [6.07, 6.45) is 4.47. The second-order valence-electron chi connectivity index (χ2n) is 3.21. The first kappa shape index (κ1) is 7.93. The van der Waals surface area contributed by atoms with Crippen molar-refractivity contribution in [1.29, 1.82) is 0 Å². The van der Waals surface area contributed by atoms with Gasteiger partial charge in [0.25, 0.3) is 0 Å². The Morgan fingerprint density at radius 3 is 2.92 bits per heavy atom. The number of thioether (sulfide) groups is 1. The zero-order valence-electron chi connectivity index (χ0n) is 7.42. The van der Waals surface area contributed by atoms with Gasteiger partial charge in [-0.25, -0.2) is 0 Å². The van der Waals surface area contributed by atoms with Crippen LogP contribution in [-0.4, -0.2) is 5.75 Å². The Morgan fingerprint density at radius 1 is 1.25 bits per heavy atom. The van der Waals surface area contributed by atoms with Gasteiger partial charge in [-0.1, -0.05) is 18.2 Å². The minimum absolute atomic E-state index is 1.12. The van der Waals surface area contributed by atoms with E-state index in [1.165, 1.54) is 21.6 Å². The highest BCUT2D eigenvalue weighted by atomic mass is 32.2. The van der Waals surface area contributed by atoms with Crippen LogP contribution in [0.2, 0.25) is 0 Å². The molecule has 0 atom stereocenters. The van der Waals surface area contributed by atoms with Gasteiger partial charge in [0.15, 0.2) is 0 Å². The van der Waals surface area contributed by atoms with Crippen LogP contribution in [0.4, 0.5) is 0 Å². The van der Waals surface area contributed by atoms with Gasteiger partial charge in [0.2, 0.25) is 0 Å². The molecule has 1 aromatic carbocycles. The molecule has 0 aliphatic carbocycles. The van der Waals surface area contributed by atoms with E-state index in [4.69, 9.17) is 0 Å². The number of fused-ring (bicyclic) bond motifs is 1. The van der Waals surface area contributed by atoms with E-state index in [0.717, 1.165) is 5.75 Å². The van der Waals surface area contributed by atoms with Crippen LogP contribution in [0.3, 0.4) is 0 Å². The molecule has 0 bridgehead atoms. The quantitative estimate of drug-likeness (QED) is 0.583. The molecule has 62 valence electrons. The molecular formula is C11H12S. The second kappa shape index (κ2) is 2.98. The van der Waals surface area contributed by atoms with Crippen LogP contribution in [0.15, 0.2) is 23.1 Å². The van der Waals surface area contributed by atoms with E-state index < -0.39 is 0 Å². The first-order valence-electron chi connectivity index (χ1n) is 4.18. The highest BCUT2D eigenvalue weighted by Gasteiger charge is 2.07. The molecule has 0 saturated heterocycles. The molecule has 1 aliphatic heterocycles. The summed E-state index contributed by atoms with van der Waals surface area (Å²) in [6, 6.07) is 4.52. The van der Waals surface area contributed by atoms with Crippen molar-refractivity contribution in [3.63, 3.8) is 0 Å². The highest BCUT2D eigenvalue weighted by Crippen LogP contribution is 2.31. The summed E-state index contributed by atoms with van der Waals surface area (Å²) in [5.74, 6) is 1.12. The van der Waals surface area contributed by atoms with Crippen LogP contribution in [0, 0.1) is 13.8 Å². The number of hydrogen-bond donors (Lipinski definition) is 0. The second-order valence-corrected chi connectivity index (χ2v) is 4.27. The molecule has 1 aliphatic rings. The predicted molar refractivity (Wildman–Crippen MR) is 55.7 cm³/mol. The van der Waals surface area contributed by atoms with Crippen LogP contribution in [0.25, 0.3) is 6.08 Å². The van der Waals surface area contributed by atoms with E-state index in [9.17, 15) is 0 Å². The van der Waals surface area contributed by atoms with Crippen LogP contribution < -0.4 is 0 Å². The molecule has 0 spiro atoms. The molecule has 0 N–H and O–H groups in total. The van der Waals surface area contributed by atoms with Gasteiger partial charge in [-0.2, -0.15) is 0 Å². The lowest BCUT2D eigenvalue weighted by Crippen LogP contribution is -1.92. The lowest BCUT2D eigenvalue weighted by molar-refractivity contribution is 1.26. The third-order valence-corrected chi connectivity index (χ3v) is 3.12. The van der Waals surface area contributed by atoms with Gasteiger partial charge in [0.05, 0.1) is 0 Å². The Hall–Kier alpha value is -0.690. The number of benzene rings is 1. The van der Waals surface area contributed by atoms with Crippen molar-refractivity contribution in [1.82, 2.24) is 0 Å². The summed E-state index contributed by atoms with van der Waals surface area (Å²) in [4.78, 5) is 1.44. The van der Waals surface area contributed by atoms with Crippen LogP contribution in [0.1, 0.15) is 16.7 Å². The number of aryl methyl sites for hydroxylation is 2. The fraction of sp³-hybridized carbons (Fsp3) is 0.273. The molecule has 0 unspecified atom stereocenters. The molecule has 12 heavy (non-hydrogen) atoms. The summed E-state index contributed by atoms with van der Waals surface area (Å²) in [7, 11) is 0. The fourth-order valence-corrected chi connectivity index (χ4v) is 2.60. The molecule has 0 radical (unpaired) electrons. The summed E-state index contributed by atoms with van der Waals surface area (Å²) >= 11 is 1.93. The lowest BCUT2D eigenvalue weighted by Gasteiger charge is -2.13. The minimum Gasteiger partial charge on any atom is -0.121 e. The van der Waals surface area contributed by atoms with Crippen molar-refractivity contribution in [3.8, 4) is 0 Å². The first-order chi connectivity index (χ1) is 5.77. The maximum atomic E-state index is 2.27. The summed E-state index contributed by atoms with van der Waals surface area (Å²) in [5.41, 5.74) is 4.18. The smallest absolute Gasteiger partial charge is 0.0164 e. The molecule has 2 rings (SSSR count). The Morgan fingerprint density at radius 2 is 2.08 bits per heavy atom. The molecule has 0 saturated carbocycles. The summed E-state index contributed by atoms with van der Waals surface area (Å²) < 4.78 is 0. The molecule has 1 aromatic rings. The Labute approximate surface area is 77.7 Å². The first-order valence-corrected chi connectivity index (χ1v) is 5.16. The molecule has 0 fully saturated rings. The normalized spacial score (nSPS) is 14.5. The third kappa shape index (κ3) is 1.29. The summed E-state index contributed by atoms with van der Waals surface area (Å²) in [6.45, 7) is 4.34. The SMILES string of the molecule is Cc1cc(C)c2c(c1)SCC=C2.